The van der Waals surface area contributed by atoms with Crippen LogP contribution in [0.15, 0.2) is 59.7 Å². The number of benzene rings is 3. The summed E-state index contributed by atoms with van der Waals surface area (Å²) in [6.07, 6.45) is 2.68. The van der Waals surface area contributed by atoms with E-state index >= 15 is 0 Å². The Hall–Kier alpha value is -4.00. The lowest BCUT2D eigenvalue weighted by molar-refractivity contribution is 0.415. The summed E-state index contributed by atoms with van der Waals surface area (Å²) < 4.78 is 5.50. The van der Waals surface area contributed by atoms with Crippen molar-refractivity contribution in [1.29, 1.82) is 0 Å². The largest absolute Gasteiger partial charge is 0.496 e. The zero-order chi connectivity index (χ0) is 20.5. The van der Waals surface area contributed by atoms with Crippen LogP contribution in [-0.4, -0.2) is 33.5 Å². The van der Waals surface area contributed by atoms with Gasteiger partial charge < -0.3 is 9.72 Å². The summed E-state index contributed by atoms with van der Waals surface area (Å²) in [5, 5.41) is 16.1. The molecule has 2 heterocycles. The van der Waals surface area contributed by atoms with Gasteiger partial charge in [-0.1, -0.05) is 43.3 Å². The van der Waals surface area contributed by atoms with E-state index in [-0.39, 0.29) is 0 Å². The molecule has 0 unspecified atom stereocenters. The van der Waals surface area contributed by atoms with E-state index in [4.69, 9.17) is 4.74 Å². The van der Waals surface area contributed by atoms with Gasteiger partial charge in [0.05, 0.1) is 13.3 Å². The van der Waals surface area contributed by atoms with E-state index in [0.717, 1.165) is 44.9 Å². The Morgan fingerprint density at radius 3 is 2.83 bits per heavy atom. The molecule has 7 heteroatoms. The first kappa shape index (κ1) is 18.1. The maximum Gasteiger partial charge on any atom is 0.265 e. The monoisotopic (exact) mass is 396 g/mol. The van der Waals surface area contributed by atoms with Crippen LogP contribution in [-0.2, 0) is 6.42 Å². The van der Waals surface area contributed by atoms with E-state index in [9.17, 15) is 0 Å². The third kappa shape index (κ3) is 3.10. The summed E-state index contributed by atoms with van der Waals surface area (Å²) in [5.41, 5.74) is 7.43. The second-order valence-corrected chi connectivity index (χ2v) is 6.96. The fraction of sp³-hybridized carbons (Fsp3) is 0.130. The van der Waals surface area contributed by atoms with Gasteiger partial charge in [-0.3, -0.25) is 0 Å². The molecular formula is C23H20N6O. The van der Waals surface area contributed by atoms with Gasteiger partial charge in [0.2, 0.25) is 0 Å². The highest BCUT2D eigenvalue weighted by Crippen LogP contribution is 2.27. The fourth-order valence-electron chi connectivity index (χ4n) is 3.63. The molecule has 7 nitrogen and oxygen atoms in total. The van der Waals surface area contributed by atoms with Gasteiger partial charge in [0.15, 0.2) is 5.65 Å². The number of H-pyrrole nitrogens is 1. The number of hydrogen-bond donors (Lipinski definition) is 2. The van der Waals surface area contributed by atoms with Gasteiger partial charge in [0.25, 0.3) is 5.95 Å². The number of anilines is 1. The third-order valence-electron chi connectivity index (χ3n) is 5.20. The molecule has 0 atom stereocenters. The van der Waals surface area contributed by atoms with Crippen molar-refractivity contribution >= 4 is 45.0 Å². The second kappa shape index (κ2) is 7.44. The zero-order valence-electron chi connectivity index (χ0n) is 16.7. The number of aryl methyl sites for hydroxylation is 1. The van der Waals surface area contributed by atoms with Crippen molar-refractivity contribution in [2.24, 2.45) is 5.10 Å². The molecule has 0 aliphatic carbocycles. The molecule has 2 aromatic heterocycles. The highest BCUT2D eigenvalue weighted by Gasteiger charge is 2.10. The van der Waals surface area contributed by atoms with Crippen LogP contribution < -0.4 is 10.2 Å². The van der Waals surface area contributed by atoms with E-state index < -0.39 is 0 Å². The summed E-state index contributed by atoms with van der Waals surface area (Å²) in [5.74, 6) is 1.07. The van der Waals surface area contributed by atoms with Gasteiger partial charge in [-0.2, -0.15) is 10.1 Å². The minimum atomic E-state index is 0.320. The molecule has 0 saturated carbocycles. The number of nitrogens with zero attached hydrogens (tertiary/aromatic N) is 4. The summed E-state index contributed by atoms with van der Waals surface area (Å²) in [6.45, 7) is 2.13. The lowest BCUT2D eigenvalue weighted by Gasteiger charge is -2.08. The molecule has 148 valence electrons. The highest BCUT2D eigenvalue weighted by atomic mass is 16.5. The van der Waals surface area contributed by atoms with Crippen molar-refractivity contribution in [3.05, 3.63) is 65.7 Å². The van der Waals surface area contributed by atoms with Gasteiger partial charge in [0.1, 0.15) is 11.3 Å². The Balaban J connectivity index is 1.47. The topological polar surface area (TPSA) is 88.1 Å². The molecule has 0 saturated heterocycles. The molecule has 2 N–H and O–H groups in total. The van der Waals surface area contributed by atoms with Gasteiger partial charge >= 0.3 is 0 Å². The molecule has 0 bridgehead atoms. The Labute approximate surface area is 172 Å². The third-order valence-corrected chi connectivity index (χ3v) is 5.20. The van der Waals surface area contributed by atoms with Crippen LogP contribution in [0.3, 0.4) is 0 Å². The molecule has 3 aromatic carbocycles. The van der Waals surface area contributed by atoms with Crippen molar-refractivity contribution in [3.8, 4) is 5.75 Å². The predicted molar refractivity (Wildman–Crippen MR) is 120 cm³/mol. The van der Waals surface area contributed by atoms with Crippen molar-refractivity contribution in [2.45, 2.75) is 13.3 Å². The molecule has 0 aliphatic rings. The van der Waals surface area contributed by atoms with Crippen LogP contribution in [0.5, 0.6) is 5.75 Å². The number of hydrazone groups is 1. The Morgan fingerprint density at radius 1 is 1.07 bits per heavy atom. The molecule has 0 radical (unpaired) electrons. The smallest absolute Gasteiger partial charge is 0.265 e. The number of nitrogens with one attached hydrogen (secondary N) is 2. The molecule has 5 aromatic rings. The number of aromatic nitrogens is 4. The Morgan fingerprint density at radius 2 is 1.97 bits per heavy atom. The molecule has 0 spiro atoms. The van der Waals surface area contributed by atoms with Crippen LogP contribution in [0.25, 0.3) is 32.8 Å². The maximum absolute atomic E-state index is 5.50. The molecule has 0 fully saturated rings. The fourth-order valence-corrected chi connectivity index (χ4v) is 3.63. The van der Waals surface area contributed by atoms with E-state index in [1.807, 2.05) is 30.3 Å². The number of ether oxygens (including phenoxy) is 1. The minimum absolute atomic E-state index is 0.320. The van der Waals surface area contributed by atoms with Crippen LogP contribution in [0, 0.1) is 0 Å². The summed E-state index contributed by atoms with van der Waals surface area (Å²) in [4.78, 5) is 7.81. The normalized spacial score (nSPS) is 11.7. The van der Waals surface area contributed by atoms with E-state index in [1.54, 1.807) is 13.3 Å². The number of rotatable bonds is 5. The van der Waals surface area contributed by atoms with Crippen molar-refractivity contribution in [1.82, 2.24) is 20.2 Å². The van der Waals surface area contributed by atoms with E-state index in [2.05, 4.69) is 61.9 Å². The quantitative estimate of drug-likeness (QED) is 0.333. The van der Waals surface area contributed by atoms with Crippen LogP contribution in [0.1, 0.15) is 18.1 Å². The first-order valence-electron chi connectivity index (χ1n) is 9.76. The molecule has 0 amide bonds. The number of hydrogen-bond acceptors (Lipinski definition) is 6. The highest BCUT2D eigenvalue weighted by molar-refractivity contribution is 6.04. The maximum atomic E-state index is 5.50. The molecule has 0 aliphatic heterocycles. The Bertz CT molecular complexity index is 1410. The average molecular weight is 396 g/mol. The van der Waals surface area contributed by atoms with Crippen molar-refractivity contribution < 1.29 is 4.74 Å². The van der Waals surface area contributed by atoms with E-state index in [1.165, 1.54) is 5.56 Å². The molecule has 30 heavy (non-hydrogen) atoms. The van der Waals surface area contributed by atoms with Gasteiger partial charge in [-0.05, 0) is 41.0 Å². The Kier molecular flexibility index (Phi) is 4.48. The first-order chi connectivity index (χ1) is 14.8. The first-order valence-corrected chi connectivity index (χ1v) is 9.76. The second-order valence-electron chi connectivity index (χ2n) is 6.96. The summed E-state index contributed by atoms with van der Waals surface area (Å²) >= 11 is 0. The number of aromatic amines is 1. The zero-order valence-corrected chi connectivity index (χ0v) is 16.7. The molecule has 5 rings (SSSR count). The average Bonchev–Trinajstić information content (AvgIpc) is 3.16. The van der Waals surface area contributed by atoms with Gasteiger partial charge in [0, 0.05) is 16.5 Å². The van der Waals surface area contributed by atoms with Crippen molar-refractivity contribution in [2.75, 3.05) is 12.5 Å². The lowest BCUT2D eigenvalue weighted by atomic mass is 10.0. The van der Waals surface area contributed by atoms with Crippen LogP contribution >= 0.6 is 0 Å². The summed E-state index contributed by atoms with van der Waals surface area (Å²) in [6, 6.07) is 18.3. The summed E-state index contributed by atoms with van der Waals surface area (Å²) in [7, 11) is 1.65. The predicted octanol–water partition coefficient (Wildman–Crippen LogP) is 4.68. The number of methoxy groups -OCH3 is 1. The lowest BCUT2D eigenvalue weighted by Crippen LogP contribution is -2.00. The van der Waals surface area contributed by atoms with Gasteiger partial charge in [-0.25, -0.2) is 5.43 Å². The minimum Gasteiger partial charge on any atom is -0.496 e. The standard InChI is InChI=1S/C23H20N6O/c1-3-14-8-10-19-17(12-14)21-22(25-19)26-23(29-27-21)28-24-13-18-16-7-5-4-6-15(16)9-11-20(18)30-2/h4-13H,3H2,1-2H3,(H2,25,26,28,29)/b24-13-. The SMILES string of the molecule is CCc1ccc2[nH]c3nc(N/N=C\c4c(OC)ccc5ccccc45)nnc3c2c1. The van der Waals surface area contributed by atoms with Crippen LogP contribution in [0.2, 0.25) is 0 Å². The van der Waals surface area contributed by atoms with Gasteiger partial charge in [-0.15, -0.1) is 10.2 Å². The van der Waals surface area contributed by atoms with Crippen LogP contribution in [0.4, 0.5) is 5.95 Å². The number of fused-ring (bicyclic) bond motifs is 4. The molecular weight excluding hydrogens is 376 g/mol. The van der Waals surface area contributed by atoms with Crippen molar-refractivity contribution in [3.63, 3.8) is 0 Å². The van der Waals surface area contributed by atoms with E-state index in [0.29, 0.717) is 11.6 Å².